The standard InChI is InChI=1S/C25H29NO3/c1-2-3-4-5-6-7-16-22(25(28)29)26-24(27)23-20-14-10-8-12-18(20)17-19-13-9-11-15-21(19)23/h8-15,17,22H,2-7,16H2,1H3,(H,26,27)(H,28,29)/t22-/m0/s1. The predicted octanol–water partition coefficient (Wildman–Crippen LogP) is 5.93. The van der Waals surface area contributed by atoms with E-state index in [4.69, 9.17) is 0 Å². The van der Waals surface area contributed by atoms with Crippen molar-refractivity contribution in [2.24, 2.45) is 0 Å². The van der Waals surface area contributed by atoms with Gasteiger partial charge in [-0.15, -0.1) is 0 Å². The zero-order chi connectivity index (χ0) is 20.6. The van der Waals surface area contributed by atoms with Crippen LogP contribution in [0.4, 0.5) is 0 Å². The van der Waals surface area contributed by atoms with Gasteiger partial charge in [0.15, 0.2) is 0 Å². The van der Waals surface area contributed by atoms with Crippen LogP contribution in [0.2, 0.25) is 0 Å². The lowest BCUT2D eigenvalue weighted by Crippen LogP contribution is -2.40. The summed E-state index contributed by atoms with van der Waals surface area (Å²) in [7, 11) is 0. The van der Waals surface area contributed by atoms with Crippen LogP contribution >= 0.6 is 0 Å². The predicted molar refractivity (Wildman–Crippen MR) is 118 cm³/mol. The summed E-state index contributed by atoms with van der Waals surface area (Å²) >= 11 is 0. The Morgan fingerprint density at radius 1 is 0.862 bits per heavy atom. The van der Waals surface area contributed by atoms with Gasteiger partial charge in [-0.1, -0.05) is 94.0 Å². The molecule has 0 saturated carbocycles. The maximum atomic E-state index is 13.2. The maximum absolute atomic E-state index is 13.2. The van der Waals surface area contributed by atoms with Crippen molar-refractivity contribution in [3.05, 3.63) is 60.2 Å². The lowest BCUT2D eigenvalue weighted by molar-refractivity contribution is -0.139. The van der Waals surface area contributed by atoms with Crippen LogP contribution in [-0.4, -0.2) is 23.0 Å². The van der Waals surface area contributed by atoms with Gasteiger partial charge in [-0.25, -0.2) is 4.79 Å². The topological polar surface area (TPSA) is 66.4 Å². The van der Waals surface area contributed by atoms with Crippen molar-refractivity contribution in [3.8, 4) is 0 Å². The van der Waals surface area contributed by atoms with Crippen molar-refractivity contribution in [3.63, 3.8) is 0 Å². The molecule has 3 aromatic carbocycles. The Balaban J connectivity index is 1.81. The first-order valence-electron chi connectivity index (χ1n) is 10.6. The molecule has 0 aliphatic rings. The molecular formula is C25H29NO3. The van der Waals surface area contributed by atoms with Gasteiger partial charge < -0.3 is 10.4 Å². The summed E-state index contributed by atoms with van der Waals surface area (Å²) in [6.07, 6.45) is 6.95. The number of nitrogens with one attached hydrogen (secondary N) is 1. The van der Waals surface area contributed by atoms with Crippen LogP contribution in [0, 0.1) is 0 Å². The molecule has 0 bridgehead atoms. The van der Waals surface area contributed by atoms with E-state index >= 15 is 0 Å². The molecule has 0 fully saturated rings. The Kier molecular flexibility index (Phi) is 7.23. The molecule has 0 heterocycles. The molecule has 2 N–H and O–H groups in total. The Labute approximate surface area is 171 Å². The zero-order valence-electron chi connectivity index (χ0n) is 17.0. The fourth-order valence-electron chi connectivity index (χ4n) is 3.87. The SMILES string of the molecule is CCCCCCCC[C@H](NC(=O)c1c2ccccc2cc2ccccc12)C(=O)O. The average Bonchev–Trinajstić information content (AvgIpc) is 2.73. The third kappa shape index (κ3) is 5.14. The van der Waals surface area contributed by atoms with Crippen molar-refractivity contribution < 1.29 is 14.7 Å². The Morgan fingerprint density at radius 3 is 2.00 bits per heavy atom. The van der Waals surface area contributed by atoms with E-state index in [0.717, 1.165) is 40.8 Å². The third-order valence-electron chi connectivity index (χ3n) is 5.45. The Bertz CT molecular complexity index is 942. The van der Waals surface area contributed by atoms with E-state index in [-0.39, 0.29) is 5.91 Å². The summed E-state index contributed by atoms with van der Waals surface area (Å²) in [6, 6.07) is 16.7. The second kappa shape index (κ2) is 10.1. The molecule has 0 radical (unpaired) electrons. The zero-order valence-corrected chi connectivity index (χ0v) is 17.0. The molecule has 3 rings (SSSR count). The minimum Gasteiger partial charge on any atom is -0.480 e. The fourth-order valence-corrected chi connectivity index (χ4v) is 3.87. The van der Waals surface area contributed by atoms with E-state index in [9.17, 15) is 14.7 Å². The van der Waals surface area contributed by atoms with E-state index in [1.807, 2.05) is 48.5 Å². The number of unbranched alkanes of at least 4 members (excludes halogenated alkanes) is 5. The highest BCUT2D eigenvalue weighted by atomic mass is 16.4. The number of carboxylic acids is 1. The van der Waals surface area contributed by atoms with Crippen LogP contribution in [0.25, 0.3) is 21.5 Å². The number of hydrogen-bond donors (Lipinski definition) is 2. The number of aliphatic carboxylic acids is 1. The second-order valence-electron chi connectivity index (χ2n) is 7.61. The van der Waals surface area contributed by atoms with E-state index in [1.54, 1.807) is 0 Å². The van der Waals surface area contributed by atoms with Crippen LogP contribution in [0.3, 0.4) is 0 Å². The Morgan fingerprint density at radius 2 is 1.41 bits per heavy atom. The average molecular weight is 392 g/mol. The van der Waals surface area contributed by atoms with E-state index in [2.05, 4.69) is 18.3 Å². The second-order valence-corrected chi connectivity index (χ2v) is 7.61. The molecule has 0 unspecified atom stereocenters. The number of hydrogen-bond acceptors (Lipinski definition) is 2. The van der Waals surface area contributed by atoms with Gasteiger partial charge in [0.1, 0.15) is 6.04 Å². The van der Waals surface area contributed by atoms with Gasteiger partial charge in [-0.2, -0.15) is 0 Å². The summed E-state index contributed by atoms with van der Waals surface area (Å²) in [5, 5.41) is 16.0. The highest BCUT2D eigenvalue weighted by Gasteiger charge is 2.22. The largest absolute Gasteiger partial charge is 0.480 e. The van der Waals surface area contributed by atoms with E-state index < -0.39 is 12.0 Å². The van der Waals surface area contributed by atoms with Crippen LogP contribution in [-0.2, 0) is 4.79 Å². The number of carboxylic acid groups (broad SMARTS) is 1. The molecule has 3 aromatic rings. The normalized spacial score (nSPS) is 12.2. The summed E-state index contributed by atoms with van der Waals surface area (Å²) in [5.41, 5.74) is 0.549. The summed E-state index contributed by atoms with van der Waals surface area (Å²) in [4.78, 5) is 24.9. The lowest BCUT2D eigenvalue weighted by atomic mass is 9.96. The van der Waals surface area contributed by atoms with Gasteiger partial charge in [0, 0.05) is 0 Å². The number of benzene rings is 3. The monoisotopic (exact) mass is 391 g/mol. The number of rotatable bonds is 10. The summed E-state index contributed by atoms with van der Waals surface area (Å²) in [6.45, 7) is 2.17. The number of fused-ring (bicyclic) bond motifs is 2. The first-order chi connectivity index (χ1) is 14.1. The van der Waals surface area contributed by atoms with Crippen molar-refractivity contribution in [2.45, 2.75) is 57.9 Å². The molecular weight excluding hydrogens is 362 g/mol. The molecule has 0 spiro atoms. The smallest absolute Gasteiger partial charge is 0.326 e. The highest BCUT2D eigenvalue weighted by molar-refractivity contribution is 6.18. The molecule has 0 aliphatic carbocycles. The molecule has 152 valence electrons. The molecule has 1 atom stereocenters. The maximum Gasteiger partial charge on any atom is 0.326 e. The van der Waals surface area contributed by atoms with Crippen molar-refractivity contribution in [1.29, 1.82) is 0 Å². The van der Waals surface area contributed by atoms with Crippen molar-refractivity contribution >= 4 is 33.4 Å². The van der Waals surface area contributed by atoms with Gasteiger partial charge in [-0.3, -0.25) is 4.79 Å². The molecule has 4 heteroatoms. The molecule has 0 saturated heterocycles. The summed E-state index contributed by atoms with van der Waals surface area (Å²) < 4.78 is 0. The highest BCUT2D eigenvalue weighted by Crippen LogP contribution is 2.28. The van der Waals surface area contributed by atoms with Crippen molar-refractivity contribution in [1.82, 2.24) is 5.32 Å². The first kappa shape index (κ1) is 20.8. The quantitative estimate of drug-likeness (QED) is 0.333. The van der Waals surface area contributed by atoms with Gasteiger partial charge in [0.25, 0.3) is 5.91 Å². The van der Waals surface area contributed by atoms with Gasteiger partial charge in [0.2, 0.25) is 0 Å². The van der Waals surface area contributed by atoms with Gasteiger partial charge in [0.05, 0.1) is 5.56 Å². The molecule has 4 nitrogen and oxygen atoms in total. The summed E-state index contributed by atoms with van der Waals surface area (Å²) in [5.74, 6) is -1.30. The van der Waals surface area contributed by atoms with Crippen molar-refractivity contribution in [2.75, 3.05) is 0 Å². The third-order valence-corrected chi connectivity index (χ3v) is 5.45. The number of carbonyl (C=O) groups excluding carboxylic acids is 1. The van der Waals surface area contributed by atoms with Gasteiger partial charge in [-0.05, 0) is 34.0 Å². The van der Waals surface area contributed by atoms with E-state index in [1.165, 1.54) is 19.3 Å². The van der Waals surface area contributed by atoms with Crippen LogP contribution < -0.4 is 5.32 Å². The van der Waals surface area contributed by atoms with Crippen LogP contribution in [0.15, 0.2) is 54.6 Å². The van der Waals surface area contributed by atoms with Crippen LogP contribution in [0.5, 0.6) is 0 Å². The molecule has 29 heavy (non-hydrogen) atoms. The van der Waals surface area contributed by atoms with Crippen LogP contribution in [0.1, 0.15) is 62.2 Å². The molecule has 1 amide bonds. The minimum atomic E-state index is -0.976. The fraction of sp³-hybridized carbons (Fsp3) is 0.360. The lowest BCUT2D eigenvalue weighted by Gasteiger charge is -2.17. The minimum absolute atomic E-state index is 0.323. The first-order valence-corrected chi connectivity index (χ1v) is 10.6. The van der Waals surface area contributed by atoms with E-state index in [0.29, 0.717) is 12.0 Å². The number of carbonyl (C=O) groups is 2. The molecule has 0 aliphatic heterocycles. The van der Waals surface area contributed by atoms with Gasteiger partial charge >= 0.3 is 5.97 Å². The molecule has 0 aromatic heterocycles. The number of amides is 1. The Hall–Kier alpha value is -2.88.